The molecule has 1 aromatic heterocycles. The Bertz CT molecular complexity index is 437. The zero-order valence-corrected chi connectivity index (χ0v) is 9.68. The van der Waals surface area contributed by atoms with Crippen LogP contribution in [0.4, 0.5) is 0 Å². The predicted octanol–water partition coefficient (Wildman–Crippen LogP) is 1.52. The second-order valence-corrected chi connectivity index (χ2v) is 4.37. The van der Waals surface area contributed by atoms with Gasteiger partial charge in [-0.2, -0.15) is 0 Å². The molecule has 5 heteroatoms. The monoisotopic (exact) mass is 237 g/mol. The molecule has 1 amide bonds. The second-order valence-electron chi connectivity index (χ2n) is 4.37. The van der Waals surface area contributed by atoms with Crippen LogP contribution in [-0.2, 0) is 4.79 Å². The van der Waals surface area contributed by atoms with Crippen LogP contribution in [0.3, 0.4) is 0 Å². The summed E-state index contributed by atoms with van der Waals surface area (Å²) in [5.41, 5.74) is 0.494. The van der Waals surface area contributed by atoms with Crippen LogP contribution < -0.4 is 0 Å². The Morgan fingerprint density at radius 3 is 2.88 bits per heavy atom. The maximum atomic E-state index is 12.1. The van der Waals surface area contributed by atoms with Crippen LogP contribution in [0.15, 0.2) is 16.7 Å². The van der Waals surface area contributed by atoms with E-state index in [1.54, 1.807) is 17.9 Å². The number of aryl methyl sites for hydroxylation is 1. The fraction of sp³-hybridized carbons (Fsp3) is 0.500. The molecule has 2 rings (SSSR count). The molecule has 92 valence electrons. The first-order chi connectivity index (χ1) is 8.08. The molecule has 1 atom stereocenters. The average molecular weight is 237 g/mol. The van der Waals surface area contributed by atoms with Gasteiger partial charge in [0.15, 0.2) is 0 Å². The number of likely N-dealkylation sites (tertiary alicyclic amines) is 1. The smallest absolute Gasteiger partial charge is 0.308 e. The molecule has 2 heterocycles. The first kappa shape index (κ1) is 11.7. The van der Waals surface area contributed by atoms with Crippen molar-refractivity contribution in [1.29, 1.82) is 0 Å². The van der Waals surface area contributed by atoms with E-state index in [4.69, 9.17) is 9.52 Å². The molecule has 1 saturated heterocycles. The van der Waals surface area contributed by atoms with Crippen molar-refractivity contribution in [2.24, 2.45) is 5.92 Å². The van der Waals surface area contributed by atoms with Gasteiger partial charge in [-0.1, -0.05) is 0 Å². The van der Waals surface area contributed by atoms with E-state index in [0.717, 1.165) is 6.42 Å². The van der Waals surface area contributed by atoms with Gasteiger partial charge < -0.3 is 14.4 Å². The molecular formula is C12H15NO4. The number of rotatable bonds is 2. The van der Waals surface area contributed by atoms with Gasteiger partial charge >= 0.3 is 5.97 Å². The summed E-state index contributed by atoms with van der Waals surface area (Å²) < 4.78 is 5.09. The van der Waals surface area contributed by atoms with Gasteiger partial charge in [-0.3, -0.25) is 9.59 Å². The number of piperidine rings is 1. The third-order valence-corrected chi connectivity index (χ3v) is 3.04. The summed E-state index contributed by atoms with van der Waals surface area (Å²) >= 11 is 0. The summed E-state index contributed by atoms with van der Waals surface area (Å²) in [6.45, 7) is 2.68. The quantitative estimate of drug-likeness (QED) is 0.846. The molecule has 0 saturated carbocycles. The van der Waals surface area contributed by atoms with Crippen molar-refractivity contribution in [2.45, 2.75) is 19.8 Å². The van der Waals surface area contributed by atoms with Crippen LogP contribution in [-0.4, -0.2) is 35.0 Å². The standard InChI is InChI=1S/C12H15NO4/c1-8-5-10(7-17-8)11(14)13-4-2-3-9(6-13)12(15)16/h5,7,9H,2-4,6H2,1H3,(H,15,16). The lowest BCUT2D eigenvalue weighted by molar-refractivity contribution is -0.143. The first-order valence-electron chi connectivity index (χ1n) is 5.65. The molecule has 17 heavy (non-hydrogen) atoms. The fourth-order valence-electron chi connectivity index (χ4n) is 2.10. The van der Waals surface area contributed by atoms with Crippen LogP contribution in [0.5, 0.6) is 0 Å². The molecule has 0 bridgehead atoms. The highest BCUT2D eigenvalue weighted by Gasteiger charge is 2.29. The van der Waals surface area contributed by atoms with Crippen molar-refractivity contribution < 1.29 is 19.1 Å². The number of hydrogen-bond donors (Lipinski definition) is 1. The van der Waals surface area contributed by atoms with E-state index in [2.05, 4.69) is 0 Å². The Kier molecular flexibility index (Phi) is 3.17. The van der Waals surface area contributed by atoms with Crippen molar-refractivity contribution in [3.8, 4) is 0 Å². The number of nitrogens with zero attached hydrogens (tertiary/aromatic N) is 1. The SMILES string of the molecule is Cc1cc(C(=O)N2CCCC(C(=O)O)C2)co1. The Hall–Kier alpha value is -1.78. The van der Waals surface area contributed by atoms with E-state index >= 15 is 0 Å². The molecular weight excluding hydrogens is 222 g/mol. The lowest BCUT2D eigenvalue weighted by Gasteiger charge is -2.30. The lowest BCUT2D eigenvalue weighted by atomic mass is 9.98. The van der Waals surface area contributed by atoms with Gasteiger partial charge in [-0.15, -0.1) is 0 Å². The van der Waals surface area contributed by atoms with Crippen LogP contribution in [0, 0.1) is 12.8 Å². The molecule has 1 aliphatic heterocycles. The predicted molar refractivity (Wildman–Crippen MR) is 59.7 cm³/mol. The zero-order valence-electron chi connectivity index (χ0n) is 9.68. The summed E-state index contributed by atoms with van der Waals surface area (Å²) in [6, 6.07) is 1.67. The Labute approximate surface area is 99.0 Å². The number of carbonyl (C=O) groups is 2. The van der Waals surface area contributed by atoms with E-state index in [9.17, 15) is 9.59 Å². The minimum atomic E-state index is -0.828. The third-order valence-electron chi connectivity index (χ3n) is 3.04. The van der Waals surface area contributed by atoms with Crippen LogP contribution >= 0.6 is 0 Å². The van der Waals surface area contributed by atoms with Crippen LogP contribution in [0.25, 0.3) is 0 Å². The summed E-state index contributed by atoms with van der Waals surface area (Å²) in [5.74, 6) is -0.737. The van der Waals surface area contributed by atoms with Gasteiger partial charge in [0.05, 0.1) is 11.5 Å². The summed E-state index contributed by atoms with van der Waals surface area (Å²) in [7, 11) is 0. The number of carbonyl (C=O) groups excluding carboxylic acids is 1. The normalized spacial score (nSPS) is 20.3. The number of furan rings is 1. The highest BCUT2D eigenvalue weighted by atomic mass is 16.4. The van der Waals surface area contributed by atoms with Gasteiger partial charge in [0.25, 0.3) is 5.91 Å². The number of hydrogen-bond acceptors (Lipinski definition) is 3. The Morgan fingerprint density at radius 2 is 2.29 bits per heavy atom. The topological polar surface area (TPSA) is 70.8 Å². The van der Waals surface area contributed by atoms with Gasteiger partial charge in [-0.05, 0) is 25.8 Å². The van der Waals surface area contributed by atoms with Crippen LogP contribution in [0.1, 0.15) is 29.0 Å². The molecule has 1 aromatic rings. The largest absolute Gasteiger partial charge is 0.481 e. The van der Waals surface area contributed by atoms with E-state index in [-0.39, 0.29) is 5.91 Å². The molecule has 0 aliphatic carbocycles. The Morgan fingerprint density at radius 1 is 1.53 bits per heavy atom. The van der Waals surface area contributed by atoms with Crippen molar-refractivity contribution in [2.75, 3.05) is 13.1 Å². The van der Waals surface area contributed by atoms with Crippen molar-refractivity contribution >= 4 is 11.9 Å². The molecule has 0 aromatic carbocycles. The van der Waals surface area contributed by atoms with Gasteiger partial charge in [0, 0.05) is 13.1 Å². The highest BCUT2D eigenvalue weighted by Crippen LogP contribution is 2.19. The number of aliphatic carboxylic acids is 1. The van der Waals surface area contributed by atoms with E-state index < -0.39 is 11.9 Å². The maximum Gasteiger partial charge on any atom is 0.308 e. The molecule has 1 aliphatic rings. The molecule has 1 unspecified atom stereocenters. The molecule has 1 N–H and O–H groups in total. The van der Waals surface area contributed by atoms with Gasteiger partial charge in [-0.25, -0.2) is 0 Å². The van der Waals surface area contributed by atoms with E-state index in [1.165, 1.54) is 6.26 Å². The van der Waals surface area contributed by atoms with Crippen molar-refractivity contribution in [1.82, 2.24) is 4.90 Å². The lowest BCUT2D eigenvalue weighted by Crippen LogP contribution is -2.42. The molecule has 0 spiro atoms. The fourth-order valence-corrected chi connectivity index (χ4v) is 2.10. The number of amides is 1. The maximum absolute atomic E-state index is 12.1. The van der Waals surface area contributed by atoms with Crippen molar-refractivity contribution in [3.63, 3.8) is 0 Å². The van der Waals surface area contributed by atoms with Gasteiger partial charge in [0.1, 0.15) is 12.0 Å². The summed E-state index contributed by atoms with van der Waals surface area (Å²) in [5, 5.41) is 8.96. The van der Waals surface area contributed by atoms with E-state index in [0.29, 0.717) is 30.8 Å². The average Bonchev–Trinajstić information content (AvgIpc) is 2.75. The molecule has 0 radical (unpaired) electrons. The second kappa shape index (κ2) is 4.61. The number of carboxylic acid groups (broad SMARTS) is 1. The molecule has 1 fully saturated rings. The summed E-state index contributed by atoms with van der Waals surface area (Å²) in [6.07, 6.45) is 2.80. The minimum absolute atomic E-state index is 0.146. The molecule has 5 nitrogen and oxygen atoms in total. The third kappa shape index (κ3) is 2.49. The van der Waals surface area contributed by atoms with Crippen LogP contribution in [0.2, 0.25) is 0 Å². The number of carboxylic acids is 1. The summed E-state index contributed by atoms with van der Waals surface area (Å²) in [4.78, 5) is 24.6. The highest BCUT2D eigenvalue weighted by molar-refractivity contribution is 5.94. The van der Waals surface area contributed by atoms with E-state index in [1.807, 2.05) is 0 Å². The van der Waals surface area contributed by atoms with Gasteiger partial charge in [0.2, 0.25) is 0 Å². The van der Waals surface area contributed by atoms with Crippen molar-refractivity contribution in [3.05, 3.63) is 23.7 Å². The zero-order chi connectivity index (χ0) is 12.4. The Balaban J connectivity index is 2.07. The first-order valence-corrected chi connectivity index (χ1v) is 5.65. The minimum Gasteiger partial charge on any atom is -0.481 e.